The van der Waals surface area contributed by atoms with E-state index in [-0.39, 0.29) is 0 Å². The Morgan fingerprint density at radius 1 is 0.867 bits per heavy atom. The molecule has 0 aliphatic carbocycles. The van der Waals surface area contributed by atoms with Gasteiger partial charge in [0.25, 0.3) is 0 Å². The SMILES string of the molecule is [Si]Oc1ccccc1-c1ccccc1Cl. The molecule has 15 heavy (non-hydrogen) atoms. The molecular formula is C12H8ClOSi. The molecule has 0 saturated carbocycles. The number of hydrogen-bond acceptors (Lipinski definition) is 1. The molecule has 2 aromatic carbocycles. The Labute approximate surface area is 97.2 Å². The highest BCUT2D eigenvalue weighted by Gasteiger charge is 2.06. The van der Waals surface area contributed by atoms with E-state index in [0.717, 1.165) is 16.9 Å². The highest BCUT2D eigenvalue weighted by atomic mass is 35.5. The highest BCUT2D eigenvalue weighted by molar-refractivity contribution is 6.33. The third kappa shape index (κ3) is 2.06. The third-order valence-corrected chi connectivity index (χ3v) is 2.71. The number of benzene rings is 2. The van der Waals surface area contributed by atoms with E-state index in [9.17, 15) is 0 Å². The first kappa shape index (κ1) is 10.3. The average Bonchev–Trinajstić information content (AvgIpc) is 2.30. The minimum atomic E-state index is 0.716. The molecule has 0 atom stereocenters. The van der Waals surface area contributed by atoms with Crippen LogP contribution in [0.3, 0.4) is 0 Å². The Bertz CT molecular complexity index is 471. The van der Waals surface area contributed by atoms with Gasteiger partial charge in [0.15, 0.2) is 0 Å². The molecule has 0 spiro atoms. The molecule has 3 radical (unpaired) electrons. The third-order valence-electron chi connectivity index (χ3n) is 2.16. The van der Waals surface area contributed by atoms with E-state index in [2.05, 4.69) is 10.5 Å². The zero-order valence-corrected chi connectivity index (χ0v) is 9.66. The van der Waals surface area contributed by atoms with Gasteiger partial charge in [-0.2, -0.15) is 0 Å². The van der Waals surface area contributed by atoms with Gasteiger partial charge < -0.3 is 4.43 Å². The second-order valence-electron chi connectivity index (χ2n) is 3.08. The van der Waals surface area contributed by atoms with Crippen molar-refractivity contribution >= 4 is 22.1 Å². The monoisotopic (exact) mass is 231 g/mol. The van der Waals surface area contributed by atoms with Crippen LogP contribution in [-0.2, 0) is 0 Å². The molecule has 0 bridgehead atoms. The molecule has 73 valence electrons. The van der Waals surface area contributed by atoms with Gasteiger partial charge in [-0.15, -0.1) is 0 Å². The van der Waals surface area contributed by atoms with Gasteiger partial charge in [-0.3, -0.25) is 0 Å². The standard InChI is InChI=1S/C12H8ClOSi/c13-11-7-3-1-5-9(11)10-6-2-4-8-12(10)14-15/h1-8H. The van der Waals surface area contributed by atoms with Crippen molar-refractivity contribution in [3.63, 3.8) is 0 Å². The Morgan fingerprint density at radius 2 is 1.47 bits per heavy atom. The van der Waals surface area contributed by atoms with Crippen molar-refractivity contribution in [2.45, 2.75) is 0 Å². The van der Waals surface area contributed by atoms with Gasteiger partial charge in [0.05, 0.1) is 0 Å². The largest absolute Gasteiger partial charge is 0.540 e. The van der Waals surface area contributed by atoms with Crippen LogP contribution in [0.4, 0.5) is 0 Å². The molecule has 0 N–H and O–H groups in total. The van der Waals surface area contributed by atoms with Crippen LogP contribution in [-0.4, -0.2) is 10.5 Å². The van der Waals surface area contributed by atoms with E-state index in [1.54, 1.807) is 0 Å². The maximum atomic E-state index is 6.12. The smallest absolute Gasteiger partial charge is 0.341 e. The molecule has 0 saturated heterocycles. The minimum Gasteiger partial charge on any atom is -0.540 e. The van der Waals surface area contributed by atoms with Crippen LogP contribution in [0, 0.1) is 0 Å². The molecule has 0 aliphatic heterocycles. The fraction of sp³-hybridized carbons (Fsp3) is 0. The van der Waals surface area contributed by atoms with Crippen molar-refractivity contribution in [1.29, 1.82) is 0 Å². The molecule has 0 amide bonds. The summed E-state index contributed by atoms with van der Waals surface area (Å²) in [4.78, 5) is 0. The van der Waals surface area contributed by atoms with E-state index in [4.69, 9.17) is 16.0 Å². The van der Waals surface area contributed by atoms with Gasteiger partial charge in [0.2, 0.25) is 0 Å². The van der Waals surface area contributed by atoms with Crippen molar-refractivity contribution in [2.75, 3.05) is 0 Å². The van der Waals surface area contributed by atoms with Crippen molar-refractivity contribution in [2.24, 2.45) is 0 Å². The van der Waals surface area contributed by atoms with Gasteiger partial charge in [0.1, 0.15) is 5.75 Å². The minimum absolute atomic E-state index is 0.716. The lowest BCUT2D eigenvalue weighted by Crippen LogP contribution is -1.89. The maximum Gasteiger partial charge on any atom is 0.341 e. The molecule has 0 fully saturated rings. The van der Waals surface area contributed by atoms with E-state index < -0.39 is 0 Å². The van der Waals surface area contributed by atoms with Gasteiger partial charge in [-0.05, 0) is 12.1 Å². The molecule has 2 rings (SSSR count). The lowest BCUT2D eigenvalue weighted by Gasteiger charge is -2.09. The van der Waals surface area contributed by atoms with Crippen LogP contribution in [0.2, 0.25) is 5.02 Å². The summed E-state index contributed by atoms with van der Waals surface area (Å²) in [5.74, 6) is 0.752. The van der Waals surface area contributed by atoms with Gasteiger partial charge in [-0.25, -0.2) is 0 Å². The summed E-state index contributed by atoms with van der Waals surface area (Å²) < 4.78 is 5.10. The Balaban J connectivity index is 2.59. The lowest BCUT2D eigenvalue weighted by atomic mass is 10.1. The fourth-order valence-electron chi connectivity index (χ4n) is 1.46. The van der Waals surface area contributed by atoms with E-state index in [0.29, 0.717) is 5.02 Å². The topological polar surface area (TPSA) is 9.23 Å². The predicted molar refractivity (Wildman–Crippen MR) is 63.3 cm³/mol. The first-order chi connectivity index (χ1) is 7.33. The molecular weight excluding hydrogens is 224 g/mol. The van der Waals surface area contributed by atoms with Crippen molar-refractivity contribution in [3.05, 3.63) is 53.6 Å². The number of para-hydroxylation sites is 1. The summed E-state index contributed by atoms with van der Waals surface area (Å²) in [5, 5.41) is 0.716. The van der Waals surface area contributed by atoms with Crippen LogP contribution in [0.15, 0.2) is 48.5 Å². The summed E-state index contributed by atoms with van der Waals surface area (Å²) >= 11 is 6.12. The summed E-state index contributed by atoms with van der Waals surface area (Å²) in [6.07, 6.45) is 0. The summed E-state index contributed by atoms with van der Waals surface area (Å²) in [7, 11) is 3.04. The van der Waals surface area contributed by atoms with Crippen LogP contribution in [0.25, 0.3) is 11.1 Å². The van der Waals surface area contributed by atoms with Crippen LogP contribution < -0.4 is 4.43 Å². The van der Waals surface area contributed by atoms with Gasteiger partial charge in [0, 0.05) is 16.1 Å². The average molecular weight is 232 g/mol. The molecule has 0 aromatic heterocycles. The number of halogens is 1. The molecule has 3 heteroatoms. The van der Waals surface area contributed by atoms with E-state index in [1.165, 1.54) is 0 Å². The lowest BCUT2D eigenvalue weighted by molar-refractivity contribution is 0.618. The van der Waals surface area contributed by atoms with E-state index in [1.807, 2.05) is 48.5 Å². The quantitative estimate of drug-likeness (QED) is 0.720. The number of rotatable bonds is 2. The van der Waals surface area contributed by atoms with Crippen molar-refractivity contribution in [3.8, 4) is 16.9 Å². The fourth-order valence-corrected chi connectivity index (χ4v) is 1.87. The maximum absolute atomic E-state index is 6.12. The second kappa shape index (κ2) is 4.51. The Morgan fingerprint density at radius 3 is 2.13 bits per heavy atom. The summed E-state index contributed by atoms with van der Waals surface area (Å²) in [5.41, 5.74) is 1.94. The zero-order chi connectivity index (χ0) is 10.7. The first-order valence-electron chi connectivity index (χ1n) is 4.50. The first-order valence-corrected chi connectivity index (χ1v) is 5.29. The van der Waals surface area contributed by atoms with Crippen molar-refractivity contribution in [1.82, 2.24) is 0 Å². The van der Waals surface area contributed by atoms with Gasteiger partial charge in [-0.1, -0.05) is 48.0 Å². The normalized spacial score (nSPS) is 10.0. The van der Waals surface area contributed by atoms with Crippen LogP contribution in [0.5, 0.6) is 5.75 Å². The predicted octanol–water partition coefficient (Wildman–Crippen LogP) is 3.47. The molecule has 1 nitrogen and oxygen atoms in total. The molecule has 0 aliphatic rings. The molecule has 2 aromatic rings. The summed E-state index contributed by atoms with van der Waals surface area (Å²) in [6, 6.07) is 15.4. The highest BCUT2D eigenvalue weighted by Crippen LogP contribution is 2.33. The second-order valence-corrected chi connectivity index (χ2v) is 3.69. The molecule has 0 heterocycles. The van der Waals surface area contributed by atoms with Crippen molar-refractivity contribution < 1.29 is 4.43 Å². The van der Waals surface area contributed by atoms with E-state index >= 15 is 0 Å². The number of hydrogen-bond donors (Lipinski definition) is 0. The Hall–Kier alpha value is -1.25. The summed E-state index contributed by atoms with van der Waals surface area (Å²) in [6.45, 7) is 0. The van der Waals surface area contributed by atoms with Crippen LogP contribution in [0.1, 0.15) is 0 Å². The zero-order valence-electron chi connectivity index (χ0n) is 7.91. The Kier molecular flexibility index (Phi) is 3.09. The van der Waals surface area contributed by atoms with Crippen LogP contribution >= 0.6 is 11.6 Å². The molecule has 0 unspecified atom stereocenters. The van der Waals surface area contributed by atoms with Gasteiger partial charge >= 0.3 is 10.5 Å².